The van der Waals surface area contributed by atoms with Crippen molar-refractivity contribution < 1.29 is 9.59 Å². The van der Waals surface area contributed by atoms with Crippen molar-refractivity contribution in [1.82, 2.24) is 15.1 Å². The Morgan fingerprint density at radius 2 is 1.77 bits per heavy atom. The van der Waals surface area contributed by atoms with Crippen LogP contribution in [0.4, 0.5) is 5.82 Å². The number of carbonyl (C=O) groups excluding carboxylic acids is 2. The molecule has 22 heavy (non-hydrogen) atoms. The number of aromatic nitrogens is 2. The number of nitrogens with zero attached hydrogens (tertiary/aromatic N) is 3. The summed E-state index contributed by atoms with van der Waals surface area (Å²) in [4.78, 5) is 26.1. The Balaban J connectivity index is 1.92. The number of anilines is 1. The summed E-state index contributed by atoms with van der Waals surface area (Å²) in [7, 11) is 0. The van der Waals surface area contributed by atoms with Gasteiger partial charge in [-0.1, -0.05) is 18.2 Å². The Labute approximate surface area is 127 Å². The van der Waals surface area contributed by atoms with Crippen molar-refractivity contribution in [2.45, 2.75) is 19.3 Å². The highest BCUT2D eigenvalue weighted by Gasteiger charge is 2.34. The summed E-state index contributed by atoms with van der Waals surface area (Å²) in [6.45, 7) is 1.82. The van der Waals surface area contributed by atoms with Crippen molar-refractivity contribution >= 4 is 17.6 Å². The Morgan fingerprint density at radius 1 is 1.05 bits per heavy atom. The van der Waals surface area contributed by atoms with Crippen LogP contribution in [0.25, 0.3) is 5.69 Å². The van der Waals surface area contributed by atoms with Crippen molar-refractivity contribution in [3.05, 3.63) is 41.6 Å². The molecule has 0 aliphatic carbocycles. The Kier molecular flexibility index (Phi) is 2.96. The van der Waals surface area contributed by atoms with Crippen LogP contribution < -0.4 is 10.2 Å². The molecular formula is C16H16N4O2. The molecule has 1 aromatic carbocycles. The Bertz CT molecular complexity index is 745. The molecule has 0 spiro atoms. The fourth-order valence-electron chi connectivity index (χ4n) is 3.16. The maximum atomic E-state index is 12.3. The van der Waals surface area contributed by atoms with E-state index in [1.807, 2.05) is 30.3 Å². The fourth-order valence-corrected chi connectivity index (χ4v) is 3.16. The Morgan fingerprint density at radius 3 is 2.50 bits per heavy atom. The highest BCUT2D eigenvalue weighted by molar-refractivity contribution is 6.12. The van der Waals surface area contributed by atoms with Gasteiger partial charge in [0.05, 0.1) is 17.8 Å². The molecular weight excluding hydrogens is 280 g/mol. The van der Waals surface area contributed by atoms with Gasteiger partial charge in [-0.3, -0.25) is 14.9 Å². The van der Waals surface area contributed by atoms with Crippen LogP contribution in [-0.2, 0) is 11.2 Å². The first-order chi connectivity index (χ1) is 10.7. The largest absolute Gasteiger partial charge is 0.356 e. The van der Waals surface area contributed by atoms with Crippen LogP contribution in [0.3, 0.4) is 0 Å². The predicted octanol–water partition coefficient (Wildman–Crippen LogP) is 1.28. The van der Waals surface area contributed by atoms with Gasteiger partial charge in [0.25, 0.3) is 5.91 Å². The van der Waals surface area contributed by atoms with Gasteiger partial charge in [-0.2, -0.15) is 5.10 Å². The highest BCUT2D eigenvalue weighted by Crippen LogP contribution is 2.31. The summed E-state index contributed by atoms with van der Waals surface area (Å²) < 4.78 is 1.80. The number of carbonyl (C=O) groups is 2. The van der Waals surface area contributed by atoms with Gasteiger partial charge in [0, 0.05) is 13.1 Å². The van der Waals surface area contributed by atoms with E-state index in [4.69, 9.17) is 0 Å². The maximum absolute atomic E-state index is 12.3. The first-order valence-corrected chi connectivity index (χ1v) is 7.50. The highest BCUT2D eigenvalue weighted by atomic mass is 16.2. The minimum absolute atomic E-state index is 0.155. The van der Waals surface area contributed by atoms with Gasteiger partial charge in [0.1, 0.15) is 11.4 Å². The van der Waals surface area contributed by atoms with E-state index in [0.29, 0.717) is 11.3 Å². The average Bonchev–Trinajstić information content (AvgIpc) is 3.14. The van der Waals surface area contributed by atoms with E-state index in [9.17, 15) is 9.59 Å². The van der Waals surface area contributed by atoms with Gasteiger partial charge in [-0.15, -0.1) is 0 Å². The molecule has 1 saturated heterocycles. The van der Waals surface area contributed by atoms with Gasteiger partial charge < -0.3 is 4.90 Å². The van der Waals surface area contributed by atoms with Gasteiger partial charge in [-0.25, -0.2) is 4.68 Å². The third kappa shape index (κ3) is 1.99. The lowest BCUT2D eigenvalue weighted by Crippen LogP contribution is -2.38. The summed E-state index contributed by atoms with van der Waals surface area (Å²) in [5, 5.41) is 6.97. The summed E-state index contributed by atoms with van der Waals surface area (Å²) in [5.74, 6) is 0.183. The molecule has 6 heteroatoms. The van der Waals surface area contributed by atoms with E-state index in [0.717, 1.165) is 37.4 Å². The van der Waals surface area contributed by atoms with Crippen LogP contribution in [0.1, 0.15) is 28.9 Å². The maximum Gasteiger partial charge on any atom is 0.263 e. The molecule has 2 amide bonds. The molecule has 6 nitrogen and oxygen atoms in total. The summed E-state index contributed by atoms with van der Waals surface area (Å²) >= 11 is 0. The van der Waals surface area contributed by atoms with Gasteiger partial charge in [0.15, 0.2) is 0 Å². The number of nitrogens with one attached hydrogen (secondary N) is 1. The topological polar surface area (TPSA) is 67.2 Å². The zero-order chi connectivity index (χ0) is 15.1. The minimum Gasteiger partial charge on any atom is -0.356 e. The SMILES string of the molecule is O=C1Cc2nn(-c3ccccc3)c(N3CCCC3)c2C(=O)N1. The number of hydrogen-bond acceptors (Lipinski definition) is 4. The molecule has 1 aromatic heterocycles. The van der Waals surface area contributed by atoms with Crippen LogP contribution in [0, 0.1) is 0 Å². The predicted molar refractivity (Wildman–Crippen MR) is 81.2 cm³/mol. The molecule has 2 aliphatic rings. The average molecular weight is 296 g/mol. The fraction of sp³-hybridized carbons (Fsp3) is 0.312. The summed E-state index contributed by atoms with van der Waals surface area (Å²) in [6, 6.07) is 9.73. The van der Waals surface area contributed by atoms with Crippen LogP contribution in [0.15, 0.2) is 30.3 Å². The van der Waals surface area contributed by atoms with E-state index in [2.05, 4.69) is 15.3 Å². The zero-order valence-corrected chi connectivity index (χ0v) is 12.1. The van der Waals surface area contributed by atoms with Gasteiger partial charge in [0.2, 0.25) is 5.91 Å². The molecule has 2 aromatic rings. The standard InChI is InChI=1S/C16H16N4O2/c21-13-10-12-14(15(22)17-13)16(19-8-4-5-9-19)20(18-12)11-6-2-1-3-7-11/h1-3,6-7H,4-5,8-10H2,(H,17,21,22). The number of rotatable bonds is 2. The van der Waals surface area contributed by atoms with Crippen LogP contribution >= 0.6 is 0 Å². The molecule has 0 unspecified atom stereocenters. The molecule has 4 rings (SSSR count). The lowest BCUT2D eigenvalue weighted by molar-refractivity contribution is -0.119. The quantitative estimate of drug-likeness (QED) is 0.848. The number of amides is 2. The second-order valence-corrected chi connectivity index (χ2v) is 5.64. The number of para-hydroxylation sites is 1. The molecule has 0 bridgehead atoms. The molecule has 1 N–H and O–H groups in total. The van der Waals surface area contributed by atoms with Crippen LogP contribution in [0.2, 0.25) is 0 Å². The van der Waals surface area contributed by atoms with Crippen LogP contribution in [0.5, 0.6) is 0 Å². The third-order valence-electron chi connectivity index (χ3n) is 4.15. The smallest absolute Gasteiger partial charge is 0.263 e. The van der Waals surface area contributed by atoms with E-state index in [-0.39, 0.29) is 18.2 Å². The molecule has 0 atom stereocenters. The zero-order valence-electron chi connectivity index (χ0n) is 12.1. The Hall–Kier alpha value is -2.63. The molecule has 112 valence electrons. The number of fused-ring (bicyclic) bond motifs is 1. The number of benzene rings is 1. The van der Waals surface area contributed by atoms with Crippen molar-refractivity contribution in [2.75, 3.05) is 18.0 Å². The monoisotopic (exact) mass is 296 g/mol. The van der Waals surface area contributed by atoms with E-state index >= 15 is 0 Å². The van der Waals surface area contributed by atoms with E-state index in [1.54, 1.807) is 4.68 Å². The molecule has 3 heterocycles. The summed E-state index contributed by atoms with van der Waals surface area (Å²) in [5.41, 5.74) is 2.02. The first-order valence-electron chi connectivity index (χ1n) is 7.50. The lowest BCUT2D eigenvalue weighted by atomic mass is 10.1. The van der Waals surface area contributed by atoms with Gasteiger partial charge >= 0.3 is 0 Å². The first kappa shape index (κ1) is 13.1. The molecule has 2 aliphatic heterocycles. The van der Waals surface area contributed by atoms with Crippen molar-refractivity contribution in [1.29, 1.82) is 0 Å². The second-order valence-electron chi connectivity index (χ2n) is 5.64. The molecule has 1 fully saturated rings. The third-order valence-corrected chi connectivity index (χ3v) is 4.15. The van der Waals surface area contributed by atoms with Crippen LogP contribution in [-0.4, -0.2) is 34.7 Å². The minimum atomic E-state index is -0.338. The van der Waals surface area contributed by atoms with Crippen molar-refractivity contribution in [3.63, 3.8) is 0 Å². The number of hydrogen-bond donors (Lipinski definition) is 1. The summed E-state index contributed by atoms with van der Waals surface area (Å²) in [6.07, 6.45) is 2.37. The van der Waals surface area contributed by atoms with E-state index < -0.39 is 0 Å². The molecule has 0 radical (unpaired) electrons. The lowest BCUT2D eigenvalue weighted by Gasteiger charge is -2.21. The number of imide groups is 1. The van der Waals surface area contributed by atoms with Crippen molar-refractivity contribution in [2.24, 2.45) is 0 Å². The van der Waals surface area contributed by atoms with Crippen molar-refractivity contribution in [3.8, 4) is 5.69 Å². The van der Waals surface area contributed by atoms with Gasteiger partial charge in [-0.05, 0) is 25.0 Å². The normalized spacial score (nSPS) is 17.5. The van der Waals surface area contributed by atoms with E-state index in [1.165, 1.54) is 0 Å². The second kappa shape index (κ2) is 4.98. The molecule has 0 saturated carbocycles.